The highest BCUT2D eigenvalue weighted by Crippen LogP contribution is 2.34. The van der Waals surface area contributed by atoms with E-state index in [1.54, 1.807) is 0 Å². The van der Waals surface area contributed by atoms with Crippen molar-refractivity contribution in [2.24, 2.45) is 0 Å². The van der Waals surface area contributed by atoms with E-state index in [1.807, 2.05) is 0 Å². The Bertz CT molecular complexity index is 597. The van der Waals surface area contributed by atoms with Crippen molar-refractivity contribution in [3.05, 3.63) is 40.4 Å². The lowest BCUT2D eigenvalue weighted by molar-refractivity contribution is 0.181. The number of ether oxygens (including phenoxy) is 1. The molecule has 1 aromatic carbocycles. The van der Waals surface area contributed by atoms with Crippen molar-refractivity contribution in [1.29, 1.82) is 0 Å². The van der Waals surface area contributed by atoms with Crippen molar-refractivity contribution in [2.75, 3.05) is 0 Å². The molecule has 3 rings (SSSR count). The van der Waals surface area contributed by atoms with Crippen molar-refractivity contribution in [3.63, 3.8) is 0 Å². The molecule has 5 heteroatoms. The predicted molar refractivity (Wildman–Crippen MR) is 84.6 cm³/mol. The first-order chi connectivity index (χ1) is 10.2. The highest BCUT2D eigenvalue weighted by atomic mass is 32.1. The van der Waals surface area contributed by atoms with Gasteiger partial charge in [-0.3, -0.25) is 0 Å². The summed E-state index contributed by atoms with van der Waals surface area (Å²) in [6.07, 6.45) is 3.49. The van der Waals surface area contributed by atoms with Crippen LogP contribution in [0, 0.1) is 0 Å². The largest absolute Gasteiger partial charge is 0.461 e. The van der Waals surface area contributed by atoms with Crippen LogP contribution in [0.3, 0.4) is 0 Å². The number of fused-ring (bicyclic) bond motifs is 1. The third kappa shape index (κ3) is 3.60. The average Bonchev–Trinajstić information content (AvgIpc) is 2.93. The predicted octanol–water partition coefficient (Wildman–Crippen LogP) is 3.49. The van der Waals surface area contributed by atoms with E-state index in [-0.39, 0.29) is 6.10 Å². The molecule has 0 radical (unpaired) electrons. The maximum atomic E-state index is 6.09. The van der Waals surface area contributed by atoms with E-state index in [0.717, 1.165) is 24.4 Å². The van der Waals surface area contributed by atoms with Gasteiger partial charge < -0.3 is 10.1 Å². The van der Waals surface area contributed by atoms with Crippen molar-refractivity contribution >= 4 is 11.3 Å². The molecule has 0 saturated heterocycles. The number of nitrogens with zero attached hydrogens (tertiary/aromatic N) is 2. The minimum absolute atomic E-state index is 0.119. The van der Waals surface area contributed by atoms with Crippen LogP contribution in [0.1, 0.15) is 48.9 Å². The first kappa shape index (κ1) is 14.5. The number of aromatic nitrogens is 2. The highest BCUT2D eigenvalue weighted by Gasteiger charge is 2.22. The maximum Gasteiger partial charge on any atom is 0.294 e. The third-order valence-electron chi connectivity index (χ3n) is 3.67. The zero-order valence-electron chi connectivity index (χ0n) is 12.5. The van der Waals surface area contributed by atoms with Gasteiger partial charge in [0.1, 0.15) is 11.1 Å². The van der Waals surface area contributed by atoms with Gasteiger partial charge >= 0.3 is 0 Å². The standard InChI is InChI=1S/C16H21N3OS/c1-11(2)17-10-15-18-19-16(21-15)20-14-9-5-7-12-6-3-4-8-13(12)14/h3-4,6,8,11,14,17H,5,7,9-10H2,1-2H3. The number of aryl methyl sites for hydroxylation is 1. The van der Waals surface area contributed by atoms with Crippen LogP contribution in [0.25, 0.3) is 0 Å². The first-order valence-electron chi connectivity index (χ1n) is 7.52. The zero-order chi connectivity index (χ0) is 14.7. The minimum Gasteiger partial charge on any atom is -0.461 e. The van der Waals surface area contributed by atoms with Crippen molar-refractivity contribution in [2.45, 2.75) is 51.8 Å². The van der Waals surface area contributed by atoms with Crippen LogP contribution in [0.4, 0.5) is 0 Å². The molecule has 21 heavy (non-hydrogen) atoms. The van der Waals surface area contributed by atoms with Crippen LogP contribution in [-0.2, 0) is 13.0 Å². The van der Waals surface area contributed by atoms with E-state index in [9.17, 15) is 0 Å². The Balaban J connectivity index is 1.67. The molecule has 112 valence electrons. The lowest BCUT2D eigenvalue weighted by atomic mass is 9.89. The molecule has 1 heterocycles. The summed E-state index contributed by atoms with van der Waals surface area (Å²) in [6.45, 7) is 4.99. The number of benzene rings is 1. The van der Waals surface area contributed by atoms with Crippen LogP contribution >= 0.6 is 11.3 Å². The molecular weight excluding hydrogens is 282 g/mol. The number of hydrogen-bond acceptors (Lipinski definition) is 5. The van der Waals surface area contributed by atoms with E-state index >= 15 is 0 Å². The van der Waals surface area contributed by atoms with Crippen molar-refractivity contribution in [3.8, 4) is 5.19 Å². The molecule has 1 unspecified atom stereocenters. The van der Waals surface area contributed by atoms with Gasteiger partial charge in [-0.2, -0.15) is 0 Å². The fourth-order valence-corrected chi connectivity index (χ4v) is 3.29. The summed E-state index contributed by atoms with van der Waals surface area (Å²) in [7, 11) is 0. The van der Waals surface area contributed by atoms with Crippen LogP contribution in [0.5, 0.6) is 5.19 Å². The van der Waals surface area contributed by atoms with Gasteiger partial charge in [0.15, 0.2) is 0 Å². The van der Waals surface area contributed by atoms with E-state index in [4.69, 9.17) is 4.74 Å². The van der Waals surface area contributed by atoms with Crippen LogP contribution in [-0.4, -0.2) is 16.2 Å². The van der Waals surface area contributed by atoms with E-state index in [2.05, 4.69) is 53.6 Å². The van der Waals surface area contributed by atoms with Crippen LogP contribution < -0.4 is 10.1 Å². The number of nitrogens with one attached hydrogen (secondary N) is 1. The maximum absolute atomic E-state index is 6.09. The lowest BCUT2D eigenvalue weighted by Gasteiger charge is -2.24. The second-order valence-corrected chi connectivity index (χ2v) is 6.72. The van der Waals surface area contributed by atoms with Gasteiger partial charge in [0.25, 0.3) is 5.19 Å². The third-order valence-corrected chi connectivity index (χ3v) is 4.48. The molecule has 2 aromatic rings. The van der Waals surface area contributed by atoms with Gasteiger partial charge in [0, 0.05) is 6.04 Å². The minimum atomic E-state index is 0.119. The SMILES string of the molecule is CC(C)NCc1nnc(OC2CCCc3ccccc32)s1. The molecule has 1 aliphatic rings. The number of rotatable bonds is 5. The van der Waals surface area contributed by atoms with Gasteiger partial charge in [-0.05, 0) is 30.4 Å². The van der Waals surface area contributed by atoms with Gasteiger partial charge in [0.05, 0.1) is 6.54 Å². The molecule has 0 amide bonds. The second kappa shape index (κ2) is 6.54. The second-order valence-electron chi connectivity index (χ2n) is 5.69. The molecular formula is C16H21N3OS. The summed E-state index contributed by atoms with van der Waals surface area (Å²) in [4.78, 5) is 0. The Morgan fingerprint density at radius 1 is 1.33 bits per heavy atom. The monoisotopic (exact) mass is 303 g/mol. The molecule has 1 aliphatic carbocycles. The molecule has 0 saturated carbocycles. The van der Waals surface area contributed by atoms with E-state index in [1.165, 1.54) is 28.9 Å². The molecule has 0 bridgehead atoms. The Labute approximate surface area is 129 Å². The summed E-state index contributed by atoms with van der Waals surface area (Å²) in [5, 5.41) is 13.4. The Hall–Kier alpha value is -1.46. The van der Waals surface area contributed by atoms with Crippen molar-refractivity contribution in [1.82, 2.24) is 15.5 Å². The van der Waals surface area contributed by atoms with E-state index < -0.39 is 0 Å². The Morgan fingerprint density at radius 2 is 2.19 bits per heavy atom. The fraction of sp³-hybridized carbons (Fsp3) is 0.500. The molecule has 1 N–H and O–H groups in total. The van der Waals surface area contributed by atoms with Gasteiger partial charge in [-0.15, -0.1) is 5.10 Å². The van der Waals surface area contributed by atoms with Crippen LogP contribution in [0.2, 0.25) is 0 Å². The summed E-state index contributed by atoms with van der Waals surface area (Å²) < 4.78 is 6.09. The molecule has 1 atom stereocenters. The van der Waals surface area contributed by atoms with Gasteiger partial charge in [0.2, 0.25) is 0 Å². The van der Waals surface area contributed by atoms with E-state index in [0.29, 0.717) is 11.2 Å². The average molecular weight is 303 g/mol. The molecule has 4 nitrogen and oxygen atoms in total. The highest BCUT2D eigenvalue weighted by molar-refractivity contribution is 7.13. The Morgan fingerprint density at radius 3 is 3.05 bits per heavy atom. The summed E-state index contributed by atoms with van der Waals surface area (Å²) >= 11 is 1.54. The summed E-state index contributed by atoms with van der Waals surface area (Å²) in [5.41, 5.74) is 2.71. The zero-order valence-corrected chi connectivity index (χ0v) is 13.3. The molecule has 0 spiro atoms. The smallest absolute Gasteiger partial charge is 0.294 e. The molecule has 1 aromatic heterocycles. The molecule has 0 aliphatic heterocycles. The fourth-order valence-electron chi connectivity index (χ4n) is 2.60. The van der Waals surface area contributed by atoms with Crippen molar-refractivity contribution < 1.29 is 4.74 Å². The Kier molecular flexibility index (Phi) is 4.51. The van der Waals surface area contributed by atoms with Gasteiger partial charge in [-0.1, -0.05) is 54.5 Å². The quantitative estimate of drug-likeness (QED) is 0.918. The summed E-state index contributed by atoms with van der Waals surface area (Å²) in [5.74, 6) is 0. The topological polar surface area (TPSA) is 47.0 Å². The van der Waals surface area contributed by atoms with Gasteiger partial charge in [-0.25, -0.2) is 0 Å². The first-order valence-corrected chi connectivity index (χ1v) is 8.34. The normalized spacial score (nSPS) is 17.8. The van der Waals surface area contributed by atoms with Crippen LogP contribution in [0.15, 0.2) is 24.3 Å². The lowest BCUT2D eigenvalue weighted by Crippen LogP contribution is -2.21. The molecule has 0 fully saturated rings. The number of hydrogen-bond donors (Lipinski definition) is 1. The summed E-state index contributed by atoms with van der Waals surface area (Å²) in [6, 6.07) is 8.99.